The molecule has 6 aromatic rings. The number of aromatic nitrogens is 3. The van der Waals surface area contributed by atoms with Gasteiger partial charge in [0.05, 0.1) is 28.3 Å². The zero-order valence-corrected chi connectivity index (χ0v) is 12.8. The highest BCUT2D eigenvalue weighted by atomic mass is 15.2. The molecular weight excluding hydrogens is 294 g/mol. The number of rotatable bonds is 1. The molecule has 0 aliphatic rings. The van der Waals surface area contributed by atoms with Gasteiger partial charge in [0, 0.05) is 21.8 Å². The molecule has 0 saturated carbocycles. The molecule has 0 N–H and O–H groups in total. The molecule has 3 heterocycles. The van der Waals surface area contributed by atoms with Gasteiger partial charge >= 0.3 is 0 Å². The first-order valence-corrected chi connectivity index (χ1v) is 8.10. The number of pyridine rings is 1. The van der Waals surface area contributed by atoms with Crippen molar-refractivity contribution in [3.8, 4) is 5.69 Å². The van der Waals surface area contributed by atoms with Gasteiger partial charge in [0.25, 0.3) is 0 Å². The largest absolute Gasteiger partial charge is 0.309 e. The minimum absolute atomic E-state index is 1.16. The first-order chi connectivity index (χ1) is 11.9. The lowest BCUT2D eigenvalue weighted by Gasteiger charge is -2.06. The van der Waals surface area contributed by atoms with Crippen molar-refractivity contribution in [1.82, 2.24) is 14.2 Å². The fourth-order valence-corrected chi connectivity index (χ4v) is 4.03. The first-order valence-electron chi connectivity index (χ1n) is 8.10. The van der Waals surface area contributed by atoms with Gasteiger partial charge in [-0.25, -0.2) is 4.52 Å². The smallest absolute Gasteiger partial charge is 0.0753 e. The third-order valence-electron chi connectivity index (χ3n) is 4.96. The Morgan fingerprint density at radius 2 is 1.33 bits per heavy atom. The minimum atomic E-state index is 1.16. The van der Waals surface area contributed by atoms with Crippen molar-refractivity contribution in [2.24, 2.45) is 0 Å². The maximum absolute atomic E-state index is 4.56. The summed E-state index contributed by atoms with van der Waals surface area (Å²) in [5.41, 5.74) is 5.97. The van der Waals surface area contributed by atoms with Crippen LogP contribution in [0, 0.1) is 0 Å². The fourth-order valence-electron chi connectivity index (χ4n) is 4.03. The molecule has 0 aliphatic heterocycles. The molecule has 3 aromatic heterocycles. The summed E-state index contributed by atoms with van der Waals surface area (Å²) in [6.07, 6.45) is 1.88. The van der Waals surface area contributed by atoms with Crippen LogP contribution in [0.15, 0.2) is 79.0 Å². The highest BCUT2D eigenvalue weighted by Crippen LogP contribution is 2.40. The van der Waals surface area contributed by atoms with Gasteiger partial charge in [-0.2, -0.15) is 5.10 Å². The molecule has 0 bridgehead atoms. The fraction of sp³-hybridized carbons (Fsp3) is 0. The van der Waals surface area contributed by atoms with Gasteiger partial charge in [-0.1, -0.05) is 36.4 Å². The van der Waals surface area contributed by atoms with Crippen LogP contribution in [0.25, 0.3) is 43.9 Å². The van der Waals surface area contributed by atoms with E-state index >= 15 is 0 Å². The van der Waals surface area contributed by atoms with Crippen LogP contribution in [0.2, 0.25) is 0 Å². The van der Waals surface area contributed by atoms with Gasteiger partial charge < -0.3 is 4.57 Å². The maximum Gasteiger partial charge on any atom is 0.0753 e. The van der Waals surface area contributed by atoms with Crippen molar-refractivity contribution < 1.29 is 0 Å². The summed E-state index contributed by atoms with van der Waals surface area (Å²) in [5.74, 6) is 0. The Labute approximate surface area is 137 Å². The van der Waals surface area contributed by atoms with Crippen LogP contribution in [0.1, 0.15) is 0 Å². The van der Waals surface area contributed by atoms with Crippen LogP contribution in [0.5, 0.6) is 0 Å². The van der Waals surface area contributed by atoms with Crippen LogP contribution in [-0.2, 0) is 0 Å². The van der Waals surface area contributed by atoms with E-state index in [0.717, 1.165) is 11.0 Å². The van der Waals surface area contributed by atoms with Crippen molar-refractivity contribution in [1.29, 1.82) is 0 Å². The molecule has 112 valence electrons. The van der Waals surface area contributed by atoms with Crippen LogP contribution in [-0.4, -0.2) is 14.2 Å². The van der Waals surface area contributed by atoms with E-state index in [1.807, 2.05) is 6.20 Å². The van der Waals surface area contributed by atoms with Gasteiger partial charge in [0.2, 0.25) is 0 Å². The molecule has 0 spiro atoms. The van der Waals surface area contributed by atoms with Crippen molar-refractivity contribution >= 4 is 38.2 Å². The van der Waals surface area contributed by atoms with E-state index in [1.165, 1.54) is 32.9 Å². The molecular formula is C21H13N3. The Morgan fingerprint density at radius 3 is 2.21 bits per heavy atom. The summed E-state index contributed by atoms with van der Waals surface area (Å²) in [4.78, 5) is 0. The highest BCUT2D eigenvalue weighted by molar-refractivity contribution is 6.26. The van der Waals surface area contributed by atoms with Crippen LogP contribution < -0.4 is 0 Å². The molecule has 0 fully saturated rings. The average Bonchev–Trinajstić information content (AvgIpc) is 3.25. The lowest BCUT2D eigenvalue weighted by atomic mass is 10.1. The second kappa shape index (κ2) is 4.15. The van der Waals surface area contributed by atoms with E-state index in [-0.39, 0.29) is 0 Å². The summed E-state index contributed by atoms with van der Waals surface area (Å²) >= 11 is 0. The predicted molar refractivity (Wildman–Crippen MR) is 98.2 cm³/mol. The average molecular weight is 307 g/mol. The van der Waals surface area contributed by atoms with Crippen molar-refractivity contribution in [3.63, 3.8) is 0 Å². The Hall–Kier alpha value is -3.33. The molecule has 3 heteroatoms. The quantitative estimate of drug-likeness (QED) is 0.391. The van der Waals surface area contributed by atoms with E-state index < -0.39 is 0 Å². The van der Waals surface area contributed by atoms with Crippen LogP contribution in [0.4, 0.5) is 0 Å². The third-order valence-corrected chi connectivity index (χ3v) is 4.96. The number of fused-ring (bicyclic) bond motifs is 3. The summed E-state index contributed by atoms with van der Waals surface area (Å²) in [6.45, 7) is 0. The molecule has 0 aliphatic carbocycles. The lowest BCUT2D eigenvalue weighted by molar-refractivity contribution is 1.01. The van der Waals surface area contributed by atoms with Gasteiger partial charge in [0.15, 0.2) is 0 Å². The Morgan fingerprint density at radius 1 is 0.583 bits per heavy atom. The number of hydrogen-bond donors (Lipinski definition) is 0. The maximum atomic E-state index is 4.56. The number of benzene rings is 3. The van der Waals surface area contributed by atoms with Gasteiger partial charge in [-0.05, 0) is 36.4 Å². The molecule has 24 heavy (non-hydrogen) atoms. The Kier molecular flexibility index (Phi) is 2.10. The van der Waals surface area contributed by atoms with Gasteiger partial charge in [-0.3, -0.25) is 0 Å². The molecule has 3 nitrogen and oxygen atoms in total. The molecule has 0 radical (unpaired) electrons. The van der Waals surface area contributed by atoms with E-state index in [0.29, 0.717) is 0 Å². The minimum Gasteiger partial charge on any atom is -0.309 e. The second-order valence-electron chi connectivity index (χ2n) is 6.17. The van der Waals surface area contributed by atoms with Crippen LogP contribution >= 0.6 is 0 Å². The lowest BCUT2D eigenvalue weighted by Crippen LogP contribution is -1.92. The topological polar surface area (TPSA) is 22.2 Å². The Balaban J connectivity index is 2.00. The normalized spacial score (nSPS) is 12.2. The molecule has 6 rings (SSSR count). The molecule has 0 unspecified atom stereocenters. The van der Waals surface area contributed by atoms with Crippen molar-refractivity contribution in [2.75, 3.05) is 0 Å². The van der Waals surface area contributed by atoms with Crippen LogP contribution in [0.3, 0.4) is 0 Å². The van der Waals surface area contributed by atoms with E-state index in [4.69, 9.17) is 0 Å². The Bertz CT molecular complexity index is 1260. The SMILES string of the molecule is c1ccc(-n2c3cccc4c3c3c2cccc3n2nccc42)cc1. The van der Waals surface area contributed by atoms with Gasteiger partial charge in [0.1, 0.15) is 0 Å². The zero-order chi connectivity index (χ0) is 15.7. The van der Waals surface area contributed by atoms with Crippen molar-refractivity contribution in [3.05, 3.63) is 79.0 Å². The second-order valence-corrected chi connectivity index (χ2v) is 6.17. The number of nitrogens with zero attached hydrogens (tertiary/aromatic N) is 3. The zero-order valence-electron chi connectivity index (χ0n) is 12.8. The summed E-state index contributed by atoms with van der Waals surface area (Å²) < 4.78 is 4.41. The molecule has 0 atom stereocenters. The standard InChI is InChI=1S/C21H13N3/c1-2-6-14(7-3-1)23-17-9-4-8-15-16-12-13-22-24(16)19-11-5-10-18(23)21(19)20(15)17/h1-13H. The number of hydrogen-bond acceptors (Lipinski definition) is 1. The van der Waals surface area contributed by atoms with E-state index in [1.54, 1.807) is 0 Å². The monoisotopic (exact) mass is 307 g/mol. The third kappa shape index (κ3) is 1.31. The summed E-state index contributed by atoms with van der Waals surface area (Å²) in [6, 6.07) is 25.7. The molecule has 3 aromatic carbocycles. The summed E-state index contributed by atoms with van der Waals surface area (Å²) in [5, 5.41) is 8.41. The predicted octanol–water partition coefficient (Wildman–Crippen LogP) is 5.02. The first kappa shape index (κ1) is 12.1. The summed E-state index contributed by atoms with van der Waals surface area (Å²) in [7, 11) is 0. The molecule has 0 amide bonds. The number of para-hydroxylation sites is 1. The van der Waals surface area contributed by atoms with E-state index in [9.17, 15) is 0 Å². The molecule has 0 saturated heterocycles. The highest BCUT2D eigenvalue weighted by Gasteiger charge is 2.19. The van der Waals surface area contributed by atoms with Crippen molar-refractivity contribution in [2.45, 2.75) is 0 Å². The van der Waals surface area contributed by atoms with E-state index in [2.05, 4.69) is 87.0 Å². The van der Waals surface area contributed by atoms with Gasteiger partial charge in [-0.15, -0.1) is 0 Å².